The predicted molar refractivity (Wildman–Crippen MR) is 180 cm³/mol. The number of aromatic amines is 1. The van der Waals surface area contributed by atoms with Gasteiger partial charge in [0, 0.05) is 23.5 Å². The number of hydrogen-bond acceptors (Lipinski definition) is 9. The minimum absolute atomic E-state index is 0.0141. The number of para-hydroxylation sites is 1. The highest BCUT2D eigenvalue weighted by atomic mass is 16.4. The molecule has 0 saturated heterocycles. The number of hydrogen-bond donors (Lipinski definition) is 10. The third-order valence-electron chi connectivity index (χ3n) is 7.56. The van der Waals surface area contributed by atoms with Gasteiger partial charge in [0.15, 0.2) is 0 Å². The Labute approximate surface area is 287 Å². The molecule has 1 aromatic heterocycles. The monoisotopic (exact) mass is 694 g/mol. The SMILES string of the molecule is C[C@H](NC(=O)[C@H](Cc1ccccc1)NC(=O)CNC(=O)CNC(=O)[C@H](C)NC(=O)[C@@H](N)Cc1c[nH]c2ccccc12)C(=O)N[C@@H](CO)C(=O)O. The molecule has 0 aliphatic heterocycles. The molecule has 50 heavy (non-hydrogen) atoms. The summed E-state index contributed by atoms with van der Waals surface area (Å²) in [5.74, 6) is -5.81. The van der Waals surface area contributed by atoms with Gasteiger partial charge in [-0.15, -0.1) is 0 Å². The number of aliphatic hydroxyl groups excluding tert-OH is 1. The van der Waals surface area contributed by atoms with Crippen molar-refractivity contribution < 1.29 is 43.8 Å². The van der Waals surface area contributed by atoms with Gasteiger partial charge in [-0.2, -0.15) is 0 Å². The van der Waals surface area contributed by atoms with E-state index in [4.69, 9.17) is 15.9 Å². The van der Waals surface area contributed by atoms with Gasteiger partial charge in [0.05, 0.1) is 25.7 Å². The first-order valence-electron chi connectivity index (χ1n) is 15.7. The number of aromatic nitrogens is 1. The number of aliphatic carboxylic acids is 1. The van der Waals surface area contributed by atoms with Crippen LogP contribution >= 0.6 is 0 Å². The van der Waals surface area contributed by atoms with Gasteiger partial charge in [0.1, 0.15) is 24.2 Å². The summed E-state index contributed by atoms with van der Waals surface area (Å²) in [6.07, 6.45) is 2.02. The maximum Gasteiger partial charge on any atom is 0.328 e. The Balaban J connectivity index is 1.46. The molecule has 0 aliphatic rings. The summed E-state index contributed by atoms with van der Waals surface area (Å²) in [7, 11) is 0. The number of carboxylic acids is 1. The van der Waals surface area contributed by atoms with Crippen LogP contribution in [-0.2, 0) is 46.4 Å². The lowest BCUT2D eigenvalue weighted by atomic mass is 10.0. The minimum atomic E-state index is -1.57. The summed E-state index contributed by atoms with van der Waals surface area (Å²) in [6, 6.07) is 10.2. The first-order valence-corrected chi connectivity index (χ1v) is 15.7. The van der Waals surface area contributed by atoms with Gasteiger partial charge < -0.3 is 52.8 Å². The Kier molecular flexibility index (Phi) is 14.4. The fourth-order valence-corrected chi connectivity index (χ4v) is 4.74. The first kappa shape index (κ1) is 38.6. The van der Waals surface area contributed by atoms with Crippen molar-refractivity contribution in [3.8, 4) is 0 Å². The van der Waals surface area contributed by atoms with Gasteiger partial charge in [-0.1, -0.05) is 48.5 Å². The second kappa shape index (κ2) is 18.7. The summed E-state index contributed by atoms with van der Waals surface area (Å²) in [5, 5.41) is 33.3. The number of fused-ring (bicyclic) bond motifs is 1. The lowest BCUT2D eigenvalue weighted by Gasteiger charge is -2.22. The number of nitrogens with two attached hydrogens (primary N) is 1. The molecule has 0 saturated carbocycles. The van der Waals surface area contributed by atoms with E-state index < -0.39 is 91.3 Å². The topological polar surface area (TPSA) is 274 Å². The van der Waals surface area contributed by atoms with Crippen LogP contribution < -0.4 is 37.6 Å². The zero-order chi connectivity index (χ0) is 36.8. The van der Waals surface area contributed by atoms with Gasteiger partial charge in [0.25, 0.3) is 0 Å². The number of benzene rings is 2. The van der Waals surface area contributed by atoms with Gasteiger partial charge >= 0.3 is 5.97 Å². The zero-order valence-corrected chi connectivity index (χ0v) is 27.5. The van der Waals surface area contributed by atoms with Crippen LogP contribution in [0.1, 0.15) is 25.0 Å². The minimum Gasteiger partial charge on any atom is -0.480 e. The smallest absolute Gasteiger partial charge is 0.328 e. The van der Waals surface area contributed by atoms with E-state index in [1.807, 2.05) is 24.3 Å². The lowest BCUT2D eigenvalue weighted by Crippen LogP contribution is -2.56. The molecule has 3 rings (SSSR count). The van der Waals surface area contributed by atoms with Crippen molar-refractivity contribution in [2.45, 2.75) is 56.9 Å². The van der Waals surface area contributed by atoms with Crippen molar-refractivity contribution in [2.24, 2.45) is 5.73 Å². The maximum absolute atomic E-state index is 13.1. The molecule has 0 radical (unpaired) electrons. The van der Waals surface area contributed by atoms with E-state index in [-0.39, 0.29) is 12.8 Å². The molecule has 2 aromatic carbocycles. The number of rotatable bonds is 18. The van der Waals surface area contributed by atoms with Crippen molar-refractivity contribution in [1.29, 1.82) is 0 Å². The molecule has 6 amide bonds. The predicted octanol–water partition coefficient (Wildman–Crippen LogP) is -2.43. The molecule has 0 bridgehead atoms. The number of aliphatic hydroxyl groups is 1. The summed E-state index contributed by atoms with van der Waals surface area (Å²) < 4.78 is 0. The fraction of sp³-hybridized carbons (Fsp3) is 0.364. The number of carbonyl (C=O) groups is 7. The standard InChI is InChI=1S/C33H42N8O9/c1-18(38-31(47)23(34)13-21-14-35-24-11-7-6-10-22(21)24)29(45)37-15-27(43)36-16-28(44)40-25(12-20-8-4-3-5-9-20)32(48)39-19(2)30(46)41-26(17-42)33(49)50/h3-11,14,18-19,23,25-26,35,42H,12-13,15-17,34H2,1-2H3,(H,36,43)(H,37,45)(H,38,47)(H,39,48)(H,40,44)(H,41,46)(H,49,50)/t18-,19-,23-,25-,26-/m0/s1. The van der Waals surface area contributed by atoms with E-state index in [1.165, 1.54) is 13.8 Å². The van der Waals surface area contributed by atoms with Crippen molar-refractivity contribution in [3.05, 3.63) is 71.9 Å². The molecule has 11 N–H and O–H groups in total. The number of amides is 6. The number of H-pyrrole nitrogens is 1. The van der Waals surface area contributed by atoms with Crippen LogP contribution in [0.2, 0.25) is 0 Å². The Hall–Kier alpha value is -5.81. The Morgan fingerprint density at radius 2 is 1.32 bits per heavy atom. The van der Waals surface area contributed by atoms with Crippen molar-refractivity contribution in [3.63, 3.8) is 0 Å². The maximum atomic E-state index is 13.1. The average Bonchev–Trinajstić information content (AvgIpc) is 3.50. The highest BCUT2D eigenvalue weighted by Crippen LogP contribution is 2.18. The van der Waals surface area contributed by atoms with Gasteiger partial charge in [-0.05, 0) is 37.5 Å². The summed E-state index contributed by atoms with van der Waals surface area (Å²) in [5.41, 5.74) is 8.49. The van der Waals surface area contributed by atoms with E-state index in [0.717, 1.165) is 16.5 Å². The van der Waals surface area contributed by atoms with E-state index >= 15 is 0 Å². The lowest BCUT2D eigenvalue weighted by molar-refractivity contribution is -0.143. The van der Waals surface area contributed by atoms with Crippen molar-refractivity contribution in [2.75, 3.05) is 19.7 Å². The van der Waals surface area contributed by atoms with Crippen LogP contribution in [0.5, 0.6) is 0 Å². The molecule has 17 nitrogen and oxygen atoms in total. The first-order chi connectivity index (χ1) is 23.8. The second-order valence-corrected chi connectivity index (χ2v) is 11.5. The van der Waals surface area contributed by atoms with E-state index in [1.54, 1.807) is 36.5 Å². The Morgan fingerprint density at radius 1 is 0.700 bits per heavy atom. The number of nitrogens with one attached hydrogen (secondary N) is 7. The third-order valence-corrected chi connectivity index (χ3v) is 7.56. The van der Waals surface area contributed by atoms with Crippen LogP contribution in [0.3, 0.4) is 0 Å². The molecule has 0 spiro atoms. The van der Waals surface area contributed by atoms with Crippen molar-refractivity contribution in [1.82, 2.24) is 36.9 Å². The molecule has 3 aromatic rings. The highest BCUT2D eigenvalue weighted by molar-refractivity contribution is 5.95. The van der Waals surface area contributed by atoms with Gasteiger partial charge in [0.2, 0.25) is 35.4 Å². The van der Waals surface area contributed by atoms with Crippen LogP contribution in [0.15, 0.2) is 60.8 Å². The summed E-state index contributed by atoms with van der Waals surface area (Å²) in [4.78, 5) is 89.9. The van der Waals surface area contributed by atoms with Crippen molar-refractivity contribution >= 4 is 52.3 Å². The van der Waals surface area contributed by atoms with Crippen LogP contribution in [0, 0.1) is 0 Å². The molecule has 0 aliphatic carbocycles. The summed E-state index contributed by atoms with van der Waals surface area (Å²) >= 11 is 0. The fourth-order valence-electron chi connectivity index (χ4n) is 4.74. The average molecular weight is 695 g/mol. The van der Waals surface area contributed by atoms with E-state index in [0.29, 0.717) is 5.56 Å². The Bertz CT molecular complexity index is 1680. The van der Waals surface area contributed by atoms with E-state index in [9.17, 15) is 33.6 Å². The molecule has 17 heteroatoms. The molecule has 5 atom stereocenters. The molecule has 268 valence electrons. The third kappa shape index (κ3) is 11.7. The molecule has 0 fully saturated rings. The van der Waals surface area contributed by atoms with Gasteiger partial charge in [-0.3, -0.25) is 28.8 Å². The Morgan fingerprint density at radius 3 is 2.00 bits per heavy atom. The quantitative estimate of drug-likeness (QED) is 0.0672. The molecule has 1 heterocycles. The van der Waals surface area contributed by atoms with E-state index in [2.05, 4.69) is 36.9 Å². The van der Waals surface area contributed by atoms with Gasteiger partial charge in [-0.25, -0.2) is 4.79 Å². The summed E-state index contributed by atoms with van der Waals surface area (Å²) in [6.45, 7) is 0.789. The van der Waals surface area contributed by atoms with Crippen LogP contribution in [-0.4, -0.2) is 107 Å². The highest BCUT2D eigenvalue weighted by Gasteiger charge is 2.28. The molecular weight excluding hydrogens is 652 g/mol. The largest absolute Gasteiger partial charge is 0.480 e. The molecule has 0 unspecified atom stereocenters. The normalized spacial score (nSPS) is 13.8. The van der Waals surface area contributed by atoms with Crippen LogP contribution in [0.4, 0.5) is 0 Å². The van der Waals surface area contributed by atoms with Crippen LogP contribution in [0.25, 0.3) is 10.9 Å². The zero-order valence-electron chi connectivity index (χ0n) is 27.5. The molecular formula is C33H42N8O9. The number of carbonyl (C=O) groups excluding carboxylic acids is 6. The second-order valence-electron chi connectivity index (χ2n) is 11.5. The number of carboxylic acid groups (broad SMARTS) is 1.